The third kappa shape index (κ3) is 3.60. The van der Waals surface area contributed by atoms with Crippen molar-refractivity contribution in [1.82, 2.24) is 10.3 Å². The zero-order valence-electron chi connectivity index (χ0n) is 13.5. The number of nitrogens with one attached hydrogen (secondary N) is 1. The molecule has 0 spiro atoms. The van der Waals surface area contributed by atoms with Crippen molar-refractivity contribution in [3.8, 4) is 0 Å². The Morgan fingerprint density at radius 1 is 1.19 bits per heavy atom. The summed E-state index contributed by atoms with van der Waals surface area (Å²) >= 11 is 0. The molecule has 2 rings (SSSR count). The van der Waals surface area contributed by atoms with E-state index in [4.69, 9.17) is 4.74 Å². The molecule has 1 aromatic carbocycles. The fourth-order valence-electron chi connectivity index (χ4n) is 2.88. The van der Waals surface area contributed by atoms with Gasteiger partial charge >= 0.3 is 0 Å². The summed E-state index contributed by atoms with van der Waals surface area (Å²) in [7, 11) is 1.80. The highest BCUT2D eigenvalue weighted by atomic mass is 16.5. The quantitative estimate of drug-likeness (QED) is 0.837. The molecule has 3 heteroatoms. The average molecular weight is 286 g/mol. The summed E-state index contributed by atoms with van der Waals surface area (Å²) in [6.45, 7) is 7.56. The predicted molar refractivity (Wildman–Crippen MR) is 88.4 cm³/mol. The van der Waals surface area contributed by atoms with Crippen LogP contribution >= 0.6 is 0 Å². The van der Waals surface area contributed by atoms with E-state index in [9.17, 15) is 0 Å². The Kier molecular flexibility index (Phi) is 5.71. The van der Waals surface area contributed by atoms with Crippen molar-refractivity contribution in [2.24, 2.45) is 5.92 Å². The lowest BCUT2D eigenvalue weighted by Gasteiger charge is -2.31. The van der Waals surface area contributed by atoms with Gasteiger partial charge in [0.1, 0.15) is 0 Å². The summed E-state index contributed by atoms with van der Waals surface area (Å²) in [5.74, 6) is 0.434. The molecule has 2 unspecified atom stereocenters. The Hall–Kier alpha value is -1.45. The van der Waals surface area contributed by atoms with Gasteiger partial charge in [-0.2, -0.15) is 0 Å². The van der Waals surface area contributed by atoms with Crippen molar-refractivity contribution in [2.75, 3.05) is 13.7 Å². The SMILES string of the molecule is CCCNC(c1cncc2ccccc12)C(OC)C(C)C. The van der Waals surface area contributed by atoms with Crippen molar-refractivity contribution in [1.29, 1.82) is 0 Å². The second-order valence-corrected chi connectivity index (χ2v) is 5.83. The van der Waals surface area contributed by atoms with Gasteiger partial charge in [-0.3, -0.25) is 4.98 Å². The Balaban J connectivity index is 2.47. The monoisotopic (exact) mass is 286 g/mol. The first-order valence-corrected chi connectivity index (χ1v) is 7.77. The minimum absolute atomic E-state index is 0.129. The van der Waals surface area contributed by atoms with Gasteiger partial charge in [0.05, 0.1) is 12.1 Å². The number of ether oxygens (including phenoxy) is 1. The van der Waals surface area contributed by atoms with Gasteiger partial charge in [0.2, 0.25) is 0 Å². The molecular weight excluding hydrogens is 260 g/mol. The number of rotatable bonds is 7. The van der Waals surface area contributed by atoms with Gasteiger partial charge in [0.15, 0.2) is 0 Å². The summed E-state index contributed by atoms with van der Waals surface area (Å²) in [6.07, 6.45) is 5.13. The summed E-state index contributed by atoms with van der Waals surface area (Å²) in [5, 5.41) is 6.08. The number of methoxy groups -OCH3 is 1. The predicted octanol–water partition coefficient (Wildman–Crippen LogP) is 3.95. The lowest BCUT2D eigenvalue weighted by Crippen LogP contribution is -2.37. The molecule has 1 aromatic heterocycles. The van der Waals surface area contributed by atoms with Crippen LogP contribution in [0.2, 0.25) is 0 Å². The van der Waals surface area contributed by atoms with Crippen LogP contribution < -0.4 is 5.32 Å². The molecule has 2 atom stereocenters. The minimum Gasteiger partial charge on any atom is -0.379 e. The minimum atomic E-state index is 0.129. The van der Waals surface area contributed by atoms with Crippen LogP contribution in [0.15, 0.2) is 36.7 Å². The normalized spacial score (nSPS) is 14.5. The molecule has 114 valence electrons. The van der Waals surface area contributed by atoms with Crippen LogP contribution in [-0.4, -0.2) is 24.7 Å². The Bertz CT molecular complexity index is 563. The molecule has 0 radical (unpaired) electrons. The number of fused-ring (bicyclic) bond motifs is 1. The van der Waals surface area contributed by atoms with Crippen LogP contribution in [0.4, 0.5) is 0 Å². The molecule has 0 saturated carbocycles. The van der Waals surface area contributed by atoms with E-state index in [1.54, 1.807) is 7.11 Å². The summed E-state index contributed by atoms with van der Waals surface area (Å²) in [4.78, 5) is 4.42. The Morgan fingerprint density at radius 2 is 1.95 bits per heavy atom. The third-order valence-corrected chi connectivity index (χ3v) is 3.91. The lowest BCUT2D eigenvalue weighted by molar-refractivity contribution is 0.0330. The van der Waals surface area contributed by atoms with Gasteiger partial charge in [-0.1, -0.05) is 45.0 Å². The van der Waals surface area contributed by atoms with E-state index >= 15 is 0 Å². The Morgan fingerprint density at radius 3 is 2.62 bits per heavy atom. The molecule has 3 nitrogen and oxygen atoms in total. The van der Waals surface area contributed by atoms with Crippen LogP contribution in [0.25, 0.3) is 10.8 Å². The molecule has 1 N–H and O–H groups in total. The van der Waals surface area contributed by atoms with Crippen LogP contribution in [0.3, 0.4) is 0 Å². The highest BCUT2D eigenvalue weighted by Crippen LogP contribution is 2.29. The molecule has 0 aliphatic rings. The van der Waals surface area contributed by atoms with Gasteiger partial charge in [-0.05, 0) is 29.8 Å². The first-order chi connectivity index (χ1) is 10.2. The molecule has 0 aliphatic carbocycles. The smallest absolute Gasteiger partial charge is 0.0789 e. The Labute approximate surface area is 127 Å². The highest BCUT2D eigenvalue weighted by Gasteiger charge is 2.26. The van der Waals surface area contributed by atoms with Crippen molar-refractivity contribution < 1.29 is 4.74 Å². The van der Waals surface area contributed by atoms with Gasteiger partial charge in [-0.25, -0.2) is 0 Å². The largest absolute Gasteiger partial charge is 0.379 e. The topological polar surface area (TPSA) is 34.2 Å². The molecule has 21 heavy (non-hydrogen) atoms. The lowest BCUT2D eigenvalue weighted by atomic mass is 9.91. The number of hydrogen-bond acceptors (Lipinski definition) is 3. The number of hydrogen-bond donors (Lipinski definition) is 1. The van der Waals surface area contributed by atoms with Crippen LogP contribution in [0.1, 0.15) is 38.8 Å². The van der Waals surface area contributed by atoms with E-state index in [2.05, 4.69) is 55.3 Å². The molecule has 0 bridgehead atoms. The van der Waals surface area contributed by atoms with E-state index < -0.39 is 0 Å². The number of benzene rings is 1. The fraction of sp³-hybridized carbons (Fsp3) is 0.500. The van der Waals surface area contributed by atoms with Crippen molar-refractivity contribution >= 4 is 10.8 Å². The van der Waals surface area contributed by atoms with Gasteiger partial charge in [-0.15, -0.1) is 0 Å². The third-order valence-electron chi connectivity index (χ3n) is 3.91. The molecule has 0 aliphatic heterocycles. The molecule has 2 aromatic rings. The van der Waals surface area contributed by atoms with Gasteiger partial charge < -0.3 is 10.1 Å². The maximum absolute atomic E-state index is 5.78. The van der Waals surface area contributed by atoms with Crippen LogP contribution in [0.5, 0.6) is 0 Å². The number of nitrogens with zero attached hydrogens (tertiary/aromatic N) is 1. The summed E-state index contributed by atoms with van der Waals surface area (Å²) in [5.41, 5.74) is 1.22. The second-order valence-electron chi connectivity index (χ2n) is 5.83. The average Bonchev–Trinajstić information content (AvgIpc) is 2.50. The van der Waals surface area contributed by atoms with E-state index in [1.807, 2.05) is 12.4 Å². The first kappa shape index (κ1) is 15.9. The molecule has 0 fully saturated rings. The standard InChI is InChI=1S/C18H26N2O/c1-5-10-20-17(18(21-4)13(2)3)16-12-19-11-14-8-6-7-9-15(14)16/h6-9,11-13,17-18,20H,5,10H2,1-4H3. The molecule has 1 heterocycles. The number of aromatic nitrogens is 1. The maximum atomic E-state index is 5.78. The van der Waals surface area contributed by atoms with Gasteiger partial charge in [0, 0.05) is 24.9 Å². The maximum Gasteiger partial charge on any atom is 0.0789 e. The highest BCUT2D eigenvalue weighted by molar-refractivity contribution is 5.85. The summed E-state index contributed by atoms with van der Waals surface area (Å²) < 4.78 is 5.78. The van der Waals surface area contributed by atoms with E-state index in [1.165, 1.54) is 16.3 Å². The van der Waals surface area contributed by atoms with Crippen molar-refractivity contribution in [2.45, 2.75) is 39.3 Å². The molecular formula is C18H26N2O. The van der Waals surface area contributed by atoms with Crippen LogP contribution in [0, 0.1) is 5.92 Å². The first-order valence-electron chi connectivity index (χ1n) is 7.77. The number of pyridine rings is 1. The van der Waals surface area contributed by atoms with Crippen molar-refractivity contribution in [3.63, 3.8) is 0 Å². The van der Waals surface area contributed by atoms with Crippen molar-refractivity contribution in [3.05, 3.63) is 42.2 Å². The molecule has 0 saturated heterocycles. The second kappa shape index (κ2) is 7.53. The zero-order valence-corrected chi connectivity index (χ0v) is 13.5. The van der Waals surface area contributed by atoms with E-state index in [0.29, 0.717) is 5.92 Å². The van der Waals surface area contributed by atoms with E-state index in [-0.39, 0.29) is 12.1 Å². The van der Waals surface area contributed by atoms with Crippen LogP contribution in [-0.2, 0) is 4.74 Å². The fourth-order valence-corrected chi connectivity index (χ4v) is 2.88. The van der Waals surface area contributed by atoms with E-state index in [0.717, 1.165) is 13.0 Å². The molecule has 0 amide bonds. The zero-order chi connectivity index (χ0) is 15.2. The van der Waals surface area contributed by atoms with Gasteiger partial charge in [0.25, 0.3) is 0 Å². The summed E-state index contributed by atoms with van der Waals surface area (Å²) in [6, 6.07) is 8.58.